The van der Waals surface area contributed by atoms with Gasteiger partial charge in [-0.2, -0.15) is 8.42 Å². The molecule has 2 aromatic carbocycles. The van der Waals surface area contributed by atoms with Crippen LogP contribution in [0, 0.1) is 5.82 Å². The van der Waals surface area contributed by atoms with Crippen LogP contribution in [0.2, 0.25) is 0 Å². The van der Waals surface area contributed by atoms with Crippen molar-refractivity contribution in [2.45, 2.75) is 42.4 Å². The fraction of sp³-hybridized carbons (Fsp3) is 0.440. The molecule has 0 bridgehead atoms. The van der Waals surface area contributed by atoms with Crippen molar-refractivity contribution < 1.29 is 17.4 Å². The van der Waals surface area contributed by atoms with E-state index < -0.39 is 10.1 Å². The lowest BCUT2D eigenvalue weighted by Crippen LogP contribution is -2.48. The summed E-state index contributed by atoms with van der Waals surface area (Å²) in [4.78, 5) is 6.15. The largest absolute Gasteiger partial charge is 0.357 e. The fourth-order valence-corrected chi connectivity index (χ4v) is 6.99. The third-order valence-corrected chi connectivity index (χ3v) is 8.70. The smallest absolute Gasteiger partial charge is 0.261 e. The van der Waals surface area contributed by atoms with Gasteiger partial charge in [0, 0.05) is 22.1 Å². The van der Waals surface area contributed by atoms with E-state index in [9.17, 15) is 12.8 Å². The molecule has 1 aliphatic heterocycles. The molecule has 2 heterocycles. The van der Waals surface area contributed by atoms with Crippen molar-refractivity contribution in [2.75, 3.05) is 26.1 Å². The lowest BCUT2D eigenvalue weighted by Gasteiger charge is -2.50. The van der Waals surface area contributed by atoms with Crippen LogP contribution in [-0.2, 0) is 26.8 Å². The van der Waals surface area contributed by atoms with Crippen molar-refractivity contribution in [2.24, 2.45) is 0 Å². The average Bonchev–Trinajstić information content (AvgIpc) is 3.14. The van der Waals surface area contributed by atoms with Gasteiger partial charge in [0.1, 0.15) is 5.82 Å². The van der Waals surface area contributed by atoms with E-state index in [0.717, 1.165) is 32.1 Å². The number of benzene rings is 2. The van der Waals surface area contributed by atoms with Crippen LogP contribution < -0.4 is 0 Å². The van der Waals surface area contributed by atoms with E-state index in [1.807, 2.05) is 12.1 Å². The van der Waals surface area contributed by atoms with E-state index in [0.29, 0.717) is 6.26 Å². The molecule has 2 N–H and O–H groups in total. The van der Waals surface area contributed by atoms with Gasteiger partial charge >= 0.3 is 0 Å². The van der Waals surface area contributed by atoms with Crippen molar-refractivity contribution in [3.63, 3.8) is 0 Å². The Morgan fingerprint density at radius 3 is 2.24 bits per heavy atom. The zero-order valence-corrected chi connectivity index (χ0v) is 20.9. The number of para-hydroxylation sites is 1. The Morgan fingerprint density at radius 1 is 1.03 bits per heavy atom. The molecule has 5 nitrogen and oxygen atoms in total. The van der Waals surface area contributed by atoms with E-state index in [4.69, 9.17) is 4.55 Å². The van der Waals surface area contributed by atoms with E-state index in [2.05, 4.69) is 60.0 Å². The highest BCUT2D eigenvalue weighted by molar-refractivity contribution is 8.00. The van der Waals surface area contributed by atoms with E-state index >= 15 is 0 Å². The van der Waals surface area contributed by atoms with Crippen molar-refractivity contribution in [1.29, 1.82) is 0 Å². The first-order valence-corrected chi connectivity index (χ1v) is 14.0. The maximum Gasteiger partial charge on any atom is 0.261 e. The number of rotatable bonds is 2. The van der Waals surface area contributed by atoms with Crippen LogP contribution in [0.4, 0.5) is 4.39 Å². The van der Waals surface area contributed by atoms with Crippen LogP contribution in [0.25, 0.3) is 10.9 Å². The van der Waals surface area contributed by atoms with E-state index in [1.54, 1.807) is 12.1 Å². The molecule has 0 atom stereocenters. The van der Waals surface area contributed by atoms with Gasteiger partial charge in [0.2, 0.25) is 0 Å². The molecule has 178 valence electrons. The second-order valence-corrected chi connectivity index (χ2v) is 12.2. The first-order chi connectivity index (χ1) is 15.5. The minimum atomic E-state index is -3.67. The molecular weight excluding hydrogens is 459 g/mol. The minimum absolute atomic E-state index is 0.0108. The van der Waals surface area contributed by atoms with Gasteiger partial charge in [0.15, 0.2) is 0 Å². The second kappa shape index (κ2) is 9.06. The van der Waals surface area contributed by atoms with Crippen LogP contribution in [0.5, 0.6) is 0 Å². The van der Waals surface area contributed by atoms with Crippen LogP contribution >= 0.6 is 11.8 Å². The van der Waals surface area contributed by atoms with E-state index in [-0.39, 0.29) is 16.1 Å². The highest BCUT2D eigenvalue weighted by Crippen LogP contribution is 2.57. The molecule has 1 aromatic heterocycles. The van der Waals surface area contributed by atoms with Gasteiger partial charge in [-0.25, -0.2) is 4.39 Å². The van der Waals surface area contributed by atoms with Crippen LogP contribution in [0.3, 0.4) is 0 Å². The van der Waals surface area contributed by atoms with Crippen molar-refractivity contribution in [3.05, 3.63) is 71.2 Å². The number of H-pyrrole nitrogens is 1. The van der Waals surface area contributed by atoms with Crippen molar-refractivity contribution >= 4 is 32.8 Å². The Labute approximate surface area is 199 Å². The van der Waals surface area contributed by atoms with Crippen molar-refractivity contribution in [3.8, 4) is 0 Å². The third-order valence-electron chi connectivity index (χ3n) is 7.12. The van der Waals surface area contributed by atoms with Gasteiger partial charge in [-0.1, -0.05) is 30.3 Å². The lowest BCUT2D eigenvalue weighted by molar-refractivity contribution is 0.0839. The molecule has 1 fully saturated rings. The zero-order valence-electron chi connectivity index (χ0n) is 19.3. The molecule has 0 radical (unpaired) electrons. The normalized spacial score (nSPS) is 25.0. The molecule has 0 amide bonds. The number of hydrogen-bond donors (Lipinski definition) is 2. The Bertz CT molecular complexity index is 1220. The van der Waals surface area contributed by atoms with Crippen molar-refractivity contribution in [1.82, 2.24) is 9.88 Å². The number of hydrogen-bond acceptors (Lipinski definition) is 4. The summed E-state index contributed by atoms with van der Waals surface area (Å²) in [5, 5.41) is 1.40. The van der Waals surface area contributed by atoms with Crippen LogP contribution in [-0.4, -0.2) is 49.0 Å². The number of halogens is 1. The summed E-state index contributed by atoms with van der Waals surface area (Å²) < 4.78 is 39.6. The first-order valence-electron chi connectivity index (χ1n) is 11.1. The lowest BCUT2D eigenvalue weighted by atomic mass is 9.70. The number of fused-ring (bicyclic) bond motifs is 4. The minimum Gasteiger partial charge on any atom is -0.357 e. The van der Waals surface area contributed by atoms with Gasteiger partial charge in [-0.05, 0) is 81.3 Å². The fourth-order valence-electron chi connectivity index (χ4n) is 5.49. The SMILES string of the molecule is CN(C)C1(c2ccc(F)cc2)CCC2(CC1)SCCc1c2[nH]c2ccccc12.CS(=O)(=O)O. The van der Waals surface area contributed by atoms with Gasteiger partial charge < -0.3 is 4.98 Å². The predicted molar refractivity (Wildman–Crippen MR) is 134 cm³/mol. The van der Waals surface area contributed by atoms with Gasteiger partial charge in [-0.15, -0.1) is 11.8 Å². The number of aromatic amines is 1. The van der Waals surface area contributed by atoms with Gasteiger partial charge in [-0.3, -0.25) is 9.45 Å². The van der Waals surface area contributed by atoms with Gasteiger partial charge in [0.05, 0.1) is 11.0 Å². The first kappa shape index (κ1) is 24.3. The van der Waals surface area contributed by atoms with E-state index in [1.165, 1.54) is 33.5 Å². The summed E-state index contributed by atoms with van der Waals surface area (Å²) in [5.41, 5.74) is 5.51. The highest BCUT2D eigenvalue weighted by Gasteiger charge is 2.48. The van der Waals surface area contributed by atoms with Crippen LogP contribution in [0.15, 0.2) is 48.5 Å². The molecule has 1 saturated carbocycles. The molecule has 0 unspecified atom stereocenters. The number of nitrogens with one attached hydrogen (secondary N) is 1. The number of thioether (sulfide) groups is 1. The molecule has 1 aliphatic carbocycles. The Morgan fingerprint density at radius 2 is 1.64 bits per heavy atom. The Balaban J connectivity index is 0.000000471. The molecule has 2 aliphatic rings. The maximum absolute atomic E-state index is 13.5. The standard InChI is InChI=1S/C24H27FN2S.CH4O3S/c1-27(2)23(17-7-9-18(25)10-8-17)12-14-24(15-13-23)22-20(11-16-28-24)19-5-3-4-6-21(19)26-22;1-5(2,3)4/h3-10,26H,11-16H2,1-2H3;1H3,(H,2,3,4). The number of nitrogens with zero attached hydrogens (tertiary/aromatic N) is 1. The molecule has 5 rings (SSSR count). The summed E-state index contributed by atoms with van der Waals surface area (Å²) in [7, 11) is 0.674. The molecule has 8 heteroatoms. The zero-order chi connectivity index (χ0) is 23.9. The topological polar surface area (TPSA) is 73.4 Å². The summed E-state index contributed by atoms with van der Waals surface area (Å²) >= 11 is 2.14. The molecule has 33 heavy (non-hydrogen) atoms. The molecule has 3 aromatic rings. The monoisotopic (exact) mass is 490 g/mol. The highest BCUT2D eigenvalue weighted by atomic mass is 32.2. The molecular formula is C25H31FN2O3S2. The molecule has 0 saturated heterocycles. The summed E-state index contributed by atoms with van der Waals surface area (Å²) in [5.74, 6) is 1.04. The Hall–Kier alpha value is -1.87. The van der Waals surface area contributed by atoms with Crippen LogP contribution in [0.1, 0.15) is 42.5 Å². The summed E-state index contributed by atoms with van der Waals surface area (Å²) in [6.07, 6.45) is 6.34. The second-order valence-electron chi connectivity index (χ2n) is 9.28. The quantitative estimate of drug-likeness (QED) is 0.475. The summed E-state index contributed by atoms with van der Waals surface area (Å²) in [6.45, 7) is 0. The number of aromatic nitrogens is 1. The predicted octanol–water partition coefficient (Wildman–Crippen LogP) is 5.33. The average molecular weight is 491 g/mol. The maximum atomic E-state index is 13.5. The molecule has 1 spiro atoms. The van der Waals surface area contributed by atoms with Gasteiger partial charge in [0.25, 0.3) is 10.1 Å². The summed E-state index contributed by atoms with van der Waals surface area (Å²) in [6, 6.07) is 15.9. The number of aryl methyl sites for hydroxylation is 1. The third kappa shape index (κ3) is 4.85. The Kier molecular flexibility index (Phi) is 6.66.